The Morgan fingerprint density at radius 1 is 0.900 bits per heavy atom. The van der Waals surface area contributed by atoms with E-state index in [1.807, 2.05) is 18.2 Å². The third kappa shape index (κ3) is 3.57. The highest BCUT2D eigenvalue weighted by Crippen LogP contribution is 2.28. The molecule has 0 amide bonds. The van der Waals surface area contributed by atoms with Crippen LogP contribution in [0.25, 0.3) is 11.1 Å². The van der Waals surface area contributed by atoms with E-state index >= 15 is 0 Å². The SMILES string of the molecule is CC(C)(C)C(C=O)Cc1ccc(-c2ccccc2)cc1. The molecular weight excluding hydrogens is 244 g/mol. The second-order valence-electron chi connectivity index (χ2n) is 6.38. The van der Waals surface area contributed by atoms with Gasteiger partial charge in [-0.25, -0.2) is 0 Å². The summed E-state index contributed by atoms with van der Waals surface area (Å²) in [7, 11) is 0. The lowest BCUT2D eigenvalue weighted by molar-refractivity contribution is -0.113. The lowest BCUT2D eigenvalue weighted by atomic mass is 9.78. The first-order valence-corrected chi connectivity index (χ1v) is 7.10. The standard InChI is InChI=1S/C19H22O/c1-19(2,3)18(14-20)13-15-9-11-17(12-10-15)16-7-5-4-6-8-16/h4-12,14,18H,13H2,1-3H3. The minimum atomic E-state index is 0.0137. The Hall–Kier alpha value is -1.89. The molecule has 1 unspecified atom stereocenters. The van der Waals surface area contributed by atoms with Crippen molar-refractivity contribution in [3.05, 3.63) is 60.2 Å². The van der Waals surface area contributed by atoms with Crippen molar-refractivity contribution in [2.24, 2.45) is 11.3 Å². The second kappa shape index (κ2) is 6.04. The molecule has 0 heterocycles. The summed E-state index contributed by atoms with van der Waals surface area (Å²) in [4.78, 5) is 11.2. The zero-order chi connectivity index (χ0) is 14.6. The minimum absolute atomic E-state index is 0.0137. The Labute approximate surface area is 121 Å². The average molecular weight is 266 g/mol. The molecule has 20 heavy (non-hydrogen) atoms. The van der Waals surface area contributed by atoms with Gasteiger partial charge in [-0.05, 0) is 28.5 Å². The molecule has 0 saturated carbocycles. The van der Waals surface area contributed by atoms with Crippen molar-refractivity contribution in [3.63, 3.8) is 0 Å². The molecular formula is C19H22O. The van der Waals surface area contributed by atoms with Gasteiger partial charge in [-0.2, -0.15) is 0 Å². The molecule has 104 valence electrons. The van der Waals surface area contributed by atoms with E-state index in [4.69, 9.17) is 0 Å². The molecule has 0 aromatic heterocycles. The van der Waals surface area contributed by atoms with Crippen LogP contribution in [0.3, 0.4) is 0 Å². The van der Waals surface area contributed by atoms with E-state index < -0.39 is 0 Å². The molecule has 0 aliphatic carbocycles. The molecule has 0 radical (unpaired) electrons. The molecule has 0 aliphatic rings. The molecule has 0 spiro atoms. The van der Waals surface area contributed by atoms with Crippen LogP contribution >= 0.6 is 0 Å². The van der Waals surface area contributed by atoms with Crippen molar-refractivity contribution in [2.75, 3.05) is 0 Å². The first-order chi connectivity index (χ1) is 9.50. The van der Waals surface area contributed by atoms with Crippen LogP contribution in [0.4, 0.5) is 0 Å². The van der Waals surface area contributed by atoms with Crippen molar-refractivity contribution < 1.29 is 4.79 Å². The second-order valence-corrected chi connectivity index (χ2v) is 6.38. The number of carbonyl (C=O) groups is 1. The molecule has 1 heteroatoms. The summed E-state index contributed by atoms with van der Waals surface area (Å²) in [5.41, 5.74) is 3.67. The van der Waals surface area contributed by atoms with Crippen molar-refractivity contribution in [1.82, 2.24) is 0 Å². The zero-order valence-electron chi connectivity index (χ0n) is 12.5. The average Bonchev–Trinajstić information content (AvgIpc) is 2.45. The number of benzene rings is 2. The van der Waals surface area contributed by atoms with Crippen molar-refractivity contribution >= 4 is 6.29 Å². The van der Waals surface area contributed by atoms with Crippen LogP contribution in [-0.2, 0) is 11.2 Å². The summed E-state index contributed by atoms with van der Waals surface area (Å²) in [5.74, 6) is 0.0603. The van der Waals surface area contributed by atoms with E-state index in [1.54, 1.807) is 0 Å². The van der Waals surface area contributed by atoms with E-state index in [2.05, 4.69) is 57.2 Å². The highest BCUT2D eigenvalue weighted by Gasteiger charge is 2.24. The maximum Gasteiger partial charge on any atom is 0.123 e. The van der Waals surface area contributed by atoms with Crippen molar-refractivity contribution in [3.8, 4) is 11.1 Å². The fraction of sp³-hybridized carbons (Fsp3) is 0.316. The quantitative estimate of drug-likeness (QED) is 0.729. The Morgan fingerprint density at radius 2 is 1.45 bits per heavy atom. The van der Waals surface area contributed by atoms with Crippen LogP contribution in [0, 0.1) is 11.3 Å². The predicted octanol–water partition coefficient (Wildman–Crippen LogP) is 4.76. The van der Waals surface area contributed by atoms with E-state index in [-0.39, 0.29) is 11.3 Å². The summed E-state index contributed by atoms with van der Waals surface area (Å²) in [6, 6.07) is 18.9. The fourth-order valence-corrected chi connectivity index (χ4v) is 2.28. The molecule has 0 saturated heterocycles. The van der Waals surface area contributed by atoms with Gasteiger partial charge in [0.2, 0.25) is 0 Å². The molecule has 2 aromatic carbocycles. The summed E-state index contributed by atoms with van der Waals surface area (Å²) in [6.45, 7) is 6.35. The maximum atomic E-state index is 11.2. The summed E-state index contributed by atoms with van der Waals surface area (Å²) < 4.78 is 0. The molecule has 0 bridgehead atoms. The van der Waals surface area contributed by atoms with Gasteiger partial charge in [-0.15, -0.1) is 0 Å². The number of rotatable bonds is 4. The molecule has 2 rings (SSSR count). The monoisotopic (exact) mass is 266 g/mol. The van der Waals surface area contributed by atoms with E-state index in [9.17, 15) is 4.79 Å². The van der Waals surface area contributed by atoms with Gasteiger partial charge in [-0.1, -0.05) is 75.4 Å². The summed E-state index contributed by atoms with van der Waals surface area (Å²) in [6.07, 6.45) is 1.90. The third-order valence-electron chi connectivity index (χ3n) is 3.79. The van der Waals surface area contributed by atoms with Gasteiger partial charge in [0.05, 0.1) is 0 Å². The normalized spacial score (nSPS) is 12.9. The summed E-state index contributed by atoms with van der Waals surface area (Å²) in [5, 5.41) is 0. The largest absolute Gasteiger partial charge is 0.303 e. The van der Waals surface area contributed by atoms with E-state index in [0.29, 0.717) is 0 Å². The third-order valence-corrected chi connectivity index (χ3v) is 3.79. The van der Waals surface area contributed by atoms with Gasteiger partial charge in [0.15, 0.2) is 0 Å². The van der Waals surface area contributed by atoms with E-state index in [1.165, 1.54) is 16.7 Å². The molecule has 2 aromatic rings. The molecule has 1 nitrogen and oxygen atoms in total. The molecule has 0 N–H and O–H groups in total. The first-order valence-electron chi connectivity index (χ1n) is 7.10. The first kappa shape index (κ1) is 14.5. The van der Waals surface area contributed by atoms with Gasteiger partial charge in [-0.3, -0.25) is 0 Å². The number of hydrogen-bond acceptors (Lipinski definition) is 1. The van der Waals surface area contributed by atoms with Gasteiger partial charge >= 0.3 is 0 Å². The molecule has 0 fully saturated rings. The van der Waals surface area contributed by atoms with Crippen molar-refractivity contribution in [1.29, 1.82) is 0 Å². The Bertz CT molecular complexity index is 547. The number of carbonyl (C=O) groups excluding carboxylic acids is 1. The fourth-order valence-electron chi connectivity index (χ4n) is 2.28. The van der Waals surface area contributed by atoms with Gasteiger partial charge in [0.1, 0.15) is 6.29 Å². The smallest absolute Gasteiger partial charge is 0.123 e. The zero-order valence-corrected chi connectivity index (χ0v) is 12.5. The van der Waals surface area contributed by atoms with Crippen molar-refractivity contribution in [2.45, 2.75) is 27.2 Å². The summed E-state index contributed by atoms with van der Waals surface area (Å²) >= 11 is 0. The van der Waals surface area contributed by atoms with E-state index in [0.717, 1.165) is 12.7 Å². The number of aldehydes is 1. The van der Waals surface area contributed by atoms with Crippen LogP contribution in [0.1, 0.15) is 26.3 Å². The van der Waals surface area contributed by atoms with Crippen LogP contribution in [0.5, 0.6) is 0 Å². The number of hydrogen-bond donors (Lipinski definition) is 0. The minimum Gasteiger partial charge on any atom is -0.303 e. The van der Waals surface area contributed by atoms with Gasteiger partial charge in [0.25, 0.3) is 0 Å². The maximum absolute atomic E-state index is 11.2. The molecule has 0 aliphatic heterocycles. The molecule has 1 atom stereocenters. The predicted molar refractivity (Wildman–Crippen MR) is 84.6 cm³/mol. The van der Waals surface area contributed by atoms with Crippen LogP contribution < -0.4 is 0 Å². The Kier molecular flexibility index (Phi) is 4.39. The Balaban J connectivity index is 2.15. The Morgan fingerprint density at radius 3 is 1.95 bits per heavy atom. The van der Waals surface area contributed by atoms with Crippen LogP contribution in [0.2, 0.25) is 0 Å². The highest BCUT2D eigenvalue weighted by atomic mass is 16.1. The highest BCUT2D eigenvalue weighted by molar-refractivity contribution is 5.63. The van der Waals surface area contributed by atoms with Gasteiger partial charge in [0, 0.05) is 5.92 Å². The van der Waals surface area contributed by atoms with Gasteiger partial charge < -0.3 is 4.79 Å². The topological polar surface area (TPSA) is 17.1 Å². The lowest BCUT2D eigenvalue weighted by Gasteiger charge is -2.26. The van der Waals surface area contributed by atoms with Crippen LogP contribution in [-0.4, -0.2) is 6.29 Å². The van der Waals surface area contributed by atoms with Crippen LogP contribution in [0.15, 0.2) is 54.6 Å². The lowest BCUT2D eigenvalue weighted by Crippen LogP contribution is -2.23.